The van der Waals surface area contributed by atoms with Crippen molar-refractivity contribution in [1.29, 1.82) is 0 Å². The number of rotatable bonds is 20. The summed E-state index contributed by atoms with van der Waals surface area (Å²) < 4.78 is 0. The maximum absolute atomic E-state index is 15.2. The summed E-state index contributed by atoms with van der Waals surface area (Å²) in [6, 6.07) is -18.5. The fourth-order valence-corrected chi connectivity index (χ4v) is 10.0. The number of amides is 12. The van der Waals surface area contributed by atoms with Crippen LogP contribution < -0.4 is 58.9 Å². The summed E-state index contributed by atoms with van der Waals surface area (Å²) in [5.74, 6) is -22.0. The Kier molecular flexibility index (Phi) is 30.0. The number of carbonyl (C=O) groups is 16. The number of hydrogen-bond acceptors (Lipinski definition) is 17. The molecule has 0 aliphatic carbocycles. The number of carboxylic acids is 4. The highest BCUT2D eigenvalue weighted by atomic mass is 16.4. The Morgan fingerprint density at radius 3 is 1.67 bits per heavy atom. The average molecular weight is 1260 g/mol. The smallest absolute Gasteiger partial charge is 0.308 e. The minimum atomic E-state index is -2.15. The van der Waals surface area contributed by atoms with Crippen LogP contribution in [0.3, 0.4) is 0 Å². The molecule has 0 aromatic heterocycles. The van der Waals surface area contributed by atoms with Crippen LogP contribution in [0.2, 0.25) is 0 Å². The van der Waals surface area contributed by atoms with Gasteiger partial charge in [-0.25, -0.2) is 0 Å². The van der Waals surface area contributed by atoms with Crippen molar-refractivity contribution in [1.82, 2.24) is 63.0 Å². The summed E-state index contributed by atoms with van der Waals surface area (Å²) in [5, 5.41) is 62.1. The number of nitrogens with two attached hydrogens (primary N) is 1. The highest BCUT2D eigenvalue weighted by molar-refractivity contribution is 6.01. The van der Waals surface area contributed by atoms with E-state index in [4.69, 9.17) is 5.73 Å². The molecule has 0 spiro atoms. The van der Waals surface area contributed by atoms with Crippen LogP contribution in [0, 0.1) is 17.8 Å². The van der Waals surface area contributed by atoms with Crippen LogP contribution in [-0.4, -0.2) is 218 Å². The monoisotopic (exact) mass is 1260 g/mol. The lowest BCUT2D eigenvalue weighted by Crippen LogP contribution is -2.66. The molecule has 89 heavy (non-hydrogen) atoms. The second kappa shape index (κ2) is 35.9. The predicted octanol–water partition coefficient (Wildman–Crippen LogP) is -4.19. The molecule has 0 aromatic carbocycles. The number of carbonyl (C=O) groups excluding carboxylic acids is 12. The Morgan fingerprint density at radius 2 is 1.12 bits per heavy atom. The zero-order valence-electron chi connectivity index (χ0n) is 51.1. The number of fused-ring (bicyclic) bond motifs is 2. The molecular formula is C56H87N13O20. The molecule has 12 amide bonds. The number of hydrogen-bond donors (Lipinski definition) is 15. The van der Waals surface area contributed by atoms with E-state index in [2.05, 4.69) is 51.1 Å². The van der Waals surface area contributed by atoms with Gasteiger partial charge in [0, 0.05) is 25.6 Å². The van der Waals surface area contributed by atoms with Crippen molar-refractivity contribution in [2.24, 2.45) is 23.5 Å². The Morgan fingerprint density at radius 1 is 0.596 bits per heavy atom. The third-order valence-corrected chi connectivity index (χ3v) is 15.0. The minimum Gasteiger partial charge on any atom is -0.481 e. The van der Waals surface area contributed by atoms with Gasteiger partial charge in [0.15, 0.2) is 0 Å². The van der Waals surface area contributed by atoms with E-state index in [1.54, 1.807) is 26.0 Å². The first-order chi connectivity index (χ1) is 41.7. The second-order valence-electron chi connectivity index (χ2n) is 23.1. The van der Waals surface area contributed by atoms with E-state index >= 15 is 4.79 Å². The van der Waals surface area contributed by atoms with E-state index in [9.17, 15) is 92.3 Å². The van der Waals surface area contributed by atoms with E-state index in [-0.39, 0.29) is 51.6 Å². The molecule has 0 aromatic rings. The van der Waals surface area contributed by atoms with Gasteiger partial charge in [-0.15, -0.1) is 0 Å². The van der Waals surface area contributed by atoms with Gasteiger partial charge in [-0.05, 0) is 77.6 Å². The first-order valence-corrected chi connectivity index (χ1v) is 29.6. The molecule has 3 rings (SSSR count). The van der Waals surface area contributed by atoms with E-state index in [1.807, 2.05) is 16.0 Å². The van der Waals surface area contributed by atoms with E-state index in [0.717, 1.165) is 36.0 Å². The Bertz CT molecular complexity index is 2670. The third-order valence-electron chi connectivity index (χ3n) is 15.0. The molecule has 3 saturated heterocycles. The van der Waals surface area contributed by atoms with Gasteiger partial charge in [0.25, 0.3) is 0 Å². The molecule has 16 N–H and O–H groups in total. The molecule has 3 aliphatic heterocycles. The van der Waals surface area contributed by atoms with Crippen molar-refractivity contribution in [2.75, 3.05) is 26.2 Å². The van der Waals surface area contributed by atoms with E-state index < -0.39 is 205 Å². The van der Waals surface area contributed by atoms with Crippen molar-refractivity contribution >= 4 is 94.8 Å². The molecule has 33 nitrogen and oxygen atoms in total. The fraction of sp³-hybridized carbons (Fsp3) is 0.679. The van der Waals surface area contributed by atoms with Gasteiger partial charge in [-0.1, -0.05) is 52.7 Å². The Labute approximate surface area is 513 Å². The fourth-order valence-electron chi connectivity index (χ4n) is 10.0. The van der Waals surface area contributed by atoms with Crippen molar-refractivity contribution in [3.63, 3.8) is 0 Å². The van der Waals surface area contributed by atoms with E-state index in [1.165, 1.54) is 13.8 Å². The van der Waals surface area contributed by atoms with Crippen LogP contribution in [-0.2, 0) is 76.7 Å². The van der Waals surface area contributed by atoms with Gasteiger partial charge >= 0.3 is 23.9 Å². The number of aliphatic carboxylic acids is 4. The predicted molar refractivity (Wildman–Crippen MR) is 310 cm³/mol. The van der Waals surface area contributed by atoms with Crippen LogP contribution in [0.15, 0.2) is 12.2 Å². The lowest BCUT2D eigenvalue weighted by atomic mass is 9.96. The molecule has 3 fully saturated rings. The zero-order chi connectivity index (χ0) is 67.0. The summed E-state index contributed by atoms with van der Waals surface area (Å²) >= 11 is 0. The number of nitrogens with one attached hydrogen (secondary N) is 10. The van der Waals surface area contributed by atoms with Gasteiger partial charge in [0.2, 0.25) is 70.9 Å². The van der Waals surface area contributed by atoms with Crippen molar-refractivity contribution in [2.45, 2.75) is 198 Å². The van der Waals surface area contributed by atoms with Gasteiger partial charge in [-0.3, -0.25) is 76.7 Å². The van der Waals surface area contributed by atoms with Crippen molar-refractivity contribution in [3.05, 3.63) is 12.2 Å². The summed E-state index contributed by atoms with van der Waals surface area (Å²) in [5.41, 5.74) is 6.11. The number of allylic oxidation sites excluding steroid dienone is 1. The molecule has 0 radical (unpaired) electrons. The molecular weight excluding hydrogens is 1170 g/mol. The standard InChI is InChI=1S/C56H87N13O20/c1-27(2)16-11-9-8-10-12-19-37(70)61-34(24-42(77)78)49(81)67-46-31(7)60-50(82)36-18-15-21-69(36)54(86)43(28(3)4)65-53(85)45(30(6)57)64-39(72)26-59-47(79)32(22-40(73)74)62-38(71)25-58-48(80)33(23-41(75)76)63-52(84)44(29(5)56(88)89)66-51(83)35-17-13-14-20-68(35)55(46)87/h10,12,27-36,43-46H,8-9,11,13-26,57H2,1-7H3,(H,58,80)(H,59,79)(H,60,82)(H,61,70)(H,62,71)(H,63,84)(H,64,72)(H,65,85)(H,66,83)(H,67,81)(H,73,74)(H,75,76)(H,77,78)(H,88,89)/b12-10-/t29-,30+,31+,32-,33-,34-,35-,36-,43-,44-,45+,46-/m0/s1. The molecule has 0 unspecified atom stereocenters. The molecule has 496 valence electrons. The minimum absolute atomic E-state index is 0.0218. The molecule has 3 heterocycles. The molecule has 12 atom stereocenters. The normalized spacial score (nSPS) is 25.6. The van der Waals surface area contributed by atoms with Gasteiger partial charge < -0.3 is 89.1 Å². The summed E-state index contributed by atoms with van der Waals surface area (Å²) in [6.45, 7) is 8.53. The lowest BCUT2D eigenvalue weighted by Gasteiger charge is -2.39. The van der Waals surface area contributed by atoms with Crippen LogP contribution >= 0.6 is 0 Å². The second-order valence-corrected chi connectivity index (χ2v) is 23.1. The maximum atomic E-state index is 15.2. The first-order valence-electron chi connectivity index (χ1n) is 29.6. The van der Waals surface area contributed by atoms with Crippen LogP contribution in [0.5, 0.6) is 0 Å². The lowest BCUT2D eigenvalue weighted by molar-refractivity contribution is -0.150. The maximum Gasteiger partial charge on any atom is 0.308 e. The summed E-state index contributed by atoms with van der Waals surface area (Å²) in [6.07, 6.45) is 3.69. The molecule has 3 aliphatic rings. The first kappa shape index (κ1) is 74.5. The zero-order valence-corrected chi connectivity index (χ0v) is 51.1. The molecule has 0 saturated carbocycles. The number of piperidine rings is 1. The van der Waals surface area contributed by atoms with Gasteiger partial charge in [0.1, 0.15) is 54.4 Å². The Hall–Kier alpha value is -8.78. The van der Waals surface area contributed by atoms with Crippen LogP contribution in [0.1, 0.15) is 132 Å². The van der Waals surface area contributed by atoms with Crippen LogP contribution in [0.4, 0.5) is 0 Å². The number of nitrogens with zero attached hydrogens (tertiary/aromatic N) is 2. The van der Waals surface area contributed by atoms with Gasteiger partial charge in [-0.2, -0.15) is 0 Å². The summed E-state index contributed by atoms with van der Waals surface area (Å²) in [7, 11) is 0. The number of unbranched alkanes of at least 4 members (excludes halogenated alkanes) is 2. The van der Waals surface area contributed by atoms with Gasteiger partial charge in [0.05, 0.1) is 44.3 Å². The van der Waals surface area contributed by atoms with Crippen molar-refractivity contribution < 1.29 is 97.1 Å². The Balaban J connectivity index is 2.19. The molecule has 33 heteroatoms. The van der Waals surface area contributed by atoms with Crippen molar-refractivity contribution in [3.8, 4) is 0 Å². The highest BCUT2D eigenvalue weighted by Crippen LogP contribution is 2.24. The average Bonchev–Trinajstić information content (AvgIpc) is 2.72. The largest absolute Gasteiger partial charge is 0.481 e. The summed E-state index contributed by atoms with van der Waals surface area (Å²) in [4.78, 5) is 218. The quantitative estimate of drug-likeness (QED) is 0.0406. The SMILES string of the molecule is CC(C)CCCC/C=C\CC(=O)N[C@@H](CC(=O)O)C(=O)N[C@@H]1C(=O)N2CCCC[C@H]2C(=O)N[C@@H]([C@H](C)C(=O)O)C(=O)N[C@@H](CC(=O)O)C(=O)NCC(=O)N[C@@H](CC(=O)O)C(=O)NCC(=O)N[C@H]([C@@H](C)N)C(=O)N[C@@H](C(C)C)C(=O)N2CCC[C@H]2C(=O)N[C@@H]1C. The number of carboxylic acid groups (broad SMARTS) is 4. The van der Waals surface area contributed by atoms with E-state index in [0.29, 0.717) is 12.3 Å². The highest BCUT2D eigenvalue weighted by Gasteiger charge is 2.45. The molecule has 0 bridgehead atoms. The third kappa shape index (κ3) is 24.0. The van der Waals surface area contributed by atoms with Crippen LogP contribution in [0.25, 0.3) is 0 Å². The topological polar surface area (TPSA) is 507 Å².